The fourth-order valence-corrected chi connectivity index (χ4v) is 1.43. The van der Waals surface area contributed by atoms with E-state index < -0.39 is 9.92 Å². The minimum Gasteiger partial charge on any atom is -0.243 e. The smallest absolute Gasteiger partial charge is 0.158 e. The van der Waals surface area contributed by atoms with Gasteiger partial charge in [-0.15, -0.1) is 0 Å². The fraction of sp³-hybridized carbons (Fsp3) is 0. The summed E-state index contributed by atoms with van der Waals surface area (Å²) in [5, 5.41) is 0. The van der Waals surface area contributed by atoms with E-state index in [4.69, 9.17) is 10.3 Å². The van der Waals surface area contributed by atoms with Crippen molar-refractivity contribution in [1.29, 1.82) is 4.78 Å². The highest BCUT2D eigenvalue weighted by Crippen LogP contribution is 2.11. The van der Waals surface area contributed by atoms with Crippen LogP contribution in [0.15, 0.2) is 39.7 Å². The van der Waals surface area contributed by atoms with Gasteiger partial charge < -0.3 is 0 Å². The van der Waals surface area contributed by atoms with Crippen LogP contribution in [0.25, 0.3) is 10.4 Å². The van der Waals surface area contributed by atoms with Crippen LogP contribution in [0.3, 0.4) is 0 Å². The van der Waals surface area contributed by atoms with Gasteiger partial charge in [0.25, 0.3) is 0 Å². The van der Waals surface area contributed by atoms with Gasteiger partial charge in [-0.05, 0) is 17.7 Å². The zero-order valence-electron chi connectivity index (χ0n) is 6.04. The zero-order chi connectivity index (χ0) is 9.03. The van der Waals surface area contributed by atoms with Gasteiger partial charge in [-0.25, -0.2) is 8.99 Å². The maximum atomic E-state index is 11.2. The van der Waals surface area contributed by atoms with E-state index in [1.807, 2.05) is 0 Å². The lowest BCUT2D eigenvalue weighted by molar-refractivity contribution is 0.676. The Labute approximate surface area is 69.8 Å². The minimum absolute atomic E-state index is 0.225. The lowest BCUT2D eigenvalue weighted by Gasteiger charge is -1.97. The molecule has 1 aromatic carbocycles. The summed E-state index contributed by atoms with van der Waals surface area (Å²) in [5.41, 5.74) is 8.02. The first-order chi connectivity index (χ1) is 5.67. The van der Waals surface area contributed by atoms with Crippen LogP contribution in [0.5, 0.6) is 0 Å². The van der Waals surface area contributed by atoms with Crippen LogP contribution in [0.2, 0.25) is 0 Å². The predicted molar refractivity (Wildman–Crippen MR) is 44.7 cm³/mol. The number of azide groups is 1. The van der Waals surface area contributed by atoms with Gasteiger partial charge in [0.05, 0.1) is 4.90 Å². The molecule has 12 heavy (non-hydrogen) atoms. The van der Waals surface area contributed by atoms with Gasteiger partial charge in [0.15, 0.2) is 9.92 Å². The van der Waals surface area contributed by atoms with E-state index in [1.54, 1.807) is 18.2 Å². The molecule has 0 spiro atoms. The minimum atomic E-state index is -3.30. The van der Waals surface area contributed by atoms with E-state index >= 15 is 0 Å². The van der Waals surface area contributed by atoms with Gasteiger partial charge in [-0.1, -0.05) is 18.2 Å². The number of nitrogens with zero attached hydrogens (tertiary/aromatic N) is 3. The van der Waals surface area contributed by atoms with Gasteiger partial charge in [0.2, 0.25) is 0 Å². The normalized spacial score (nSPS) is 14.3. The second kappa shape index (κ2) is 3.25. The number of hydrogen-bond acceptors (Lipinski definition) is 2. The lowest BCUT2D eigenvalue weighted by atomic mass is 10.4. The molecule has 0 aliphatic heterocycles. The first kappa shape index (κ1) is 8.58. The summed E-state index contributed by atoms with van der Waals surface area (Å²) < 4.78 is 21.3. The molecule has 0 aromatic heterocycles. The molecule has 0 heterocycles. The van der Waals surface area contributed by atoms with Crippen LogP contribution in [0, 0.1) is 4.78 Å². The van der Waals surface area contributed by atoms with Crippen LogP contribution in [0.1, 0.15) is 0 Å². The highest BCUT2D eigenvalue weighted by molar-refractivity contribution is 7.91. The van der Waals surface area contributed by atoms with E-state index in [9.17, 15) is 4.21 Å². The molecule has 1 N–H and O–H groups in total. The number of rotatable bonds is 2. The zero-order valence-corrected chi connectivity index (χ0v) is 6.86. The van der Waals surface area contributed by atoms with Crippen molar-refractivity contribution in [1.82, 2.24) is 0 Å². The molecule has 0 aliphatic rings. The molecule has 0 radical (unpaired) electrons. The van der Waals surface area contributed by atoms with Crippen LogP contribution in [0.4, 0.5) is 0 Å². The topological polar surface area (TPSA) is 89.7 Å². The Bertz CT molecular complexity index is 404. The molecule has 5 nitrogen and oxygen atoms in total. The Hall–Kier alpha value is -1.52. The highest BCUT2D eigenvalue weighted by atomic mass is 32.2. The maximum absolute atomic E-state index is 11.2. The van der Waals surface area contributed by atoms with Crippen molar-refractivity contribution < 1.29 is 4.21 Å². The van der Waals surface area contributed by atoms with Gasteiger partial charge >= 0.3 is 0 Å². The van der Waals surface area contributed by atoms with Crippen molar-refractivity contribution in [2.45, 2.75) is 4.90 Å². The molecule has 0 amide bonds. The van der Waals surface area contributed by atoms with Gasteiger partial charge in [0, 0.05) is 9.43 Å². The molecular formula is C6H6N4OS. The van der Waals surface area contributed by atoms with Gasteiger partial charge in [-0.2, -0.15) is 0 Å². The standard InChI is InChI=1S/C6H6N4OS/c7-9-10-12(8,11)6-4-2-1-3-5-6/h1-5,8H. The third-order valence-electron chi connectivity index (χ3n) is 1.21. The van der Waals surface area contributed by atoms with Crippen LogP contribution in [-0.4, -0.2) is 4.21 Å². The first-order valence-corrected chi connectivity index (χ1v) is 4.58. The van der Waals surface area contributed by atoms with E-state index in [-0.39, 0.29) is 4.90 Å². The van der Waals surface area contributed by atoms with Gasteiger partial charge in [-0.3, -0.25) is 0 Å². The first-order valence-electron chi connectivity index (χ1n) is 3.07. The van der Waals surface area contributed by atoms with Crippen LogP contribution in [-0.2, 0) is 9.92 Å². The Balaban J connectivity index is 3.25. The molecule has 0 bridgehead atoms. The Morgan fingerprint density at radius 1 is 1.42 bits per heavy atom. The molecule has 1 atom stereocenters. The largest absolute Gasteiger partial charge is 0.243 e. The molecule has 1 aromatic rings. The molecule has 0 saturated carbocycles. The third-order valence-corrected chi connectivity index (χ3v) is 2.43. The third kappa shape index (κ3) is 1.75. The summed E-state index contributed by atoms with van der Waals surface area (Å²) in [5.74, 6) is 0. The molecule has 6 heteroatoms. The van der Waals surface area contributed by atoms with Gasteiger partial charge in [0.1, 0.15) is 0 Å². The summed E-state index contributed by atoms with van der Waals surface area (Å²) in [6.45, 7) is 0. The molecule has 1 rings (SSSR count). The van der Waals surface area contributed by atoms with Crippen molar-refractivity contribution in [3.63, 3.8) is 0 Å². The van der Waals surface area contributed by atoms with Crippen molar-refractivity contribution in [2.24, 2.45) is 4.52 Å². The van der Waals surface area contributed by atoms with Crippen LogP contribution < -0.4 is 0 Å². The molecular weight excluding hydrogens is 176 g/mol. The molecule has 1 unspecified atom stereocenters. The van der Waals surface area contributed by atoms with Crippen molar-refractivity contribution in [3.05, 3.63) is 40.8 Å². The summed E-state index contributed by atoms with van der Waals surface area (Å²) in [6.07, 6.45) is 0. The second-order valence-corrected chi connectivity index (χ2v) is 3.70. The number of hydrogen-bond donors (Lipinski definition) is 1. The Morgan fingerprint density at radius 2 is 2.00 bits per heavy atom. The average Bonchev–Trinajstić information content (AvgIpc) is 2.06. The lowest BCUT2D eigenvalue weighted by Crippen LogP contribution is -1.91. The van der Waals surface area contributed by atoms with E-state index in [2.05, 4.69) is 9.43 Å². The van der Waals surface area contributed by atoms with E-state index in [0.29, 0.717) is 0 Å². The monoisotopic (exact) mass is 182 g/mol. The van der Waals surface area contributed by atoms with Crippen LogP contribution >= 0.6 is 0 Å². The SMILES string of the molecule is [N-]=[N+]=NS(=N)(=O)c1ccccc1. The second-order valence-electron chi connectivity index (χ2n) is 2.01. The summed E-state index contributed by atoms with van der Waals surface area (Å²) in [4.78, 5) is 2.57. The quantitative estimate of drug-likeness (QED) is 0.424. The summed E-state index contributed by atoms with van der Waals surface area (Å²) >= 11 is 0. The molecule has 0 saturated heterocycles. The van der Waals surface area contributed by atoms with Crippen molar-refractivity contribution >= 4 is 9.92 Å². The number of nitrogens with one attached hydrogen (secondary N) is 1. The van der Waals surface area contributed by atoms with E-state index in [0.717, 1.165) is 0 Å². The summed E-state index contributed by atoms with van der Waals surface area (Å²) in [6, 6.07) is 7.98. The highest BCUT2D eigenvalue weighted by Gasteiger charge is 2.04. The molecule has 0 fully saturated rings. The Kier molecular flexibility index (Phi) is 2.32. The van der Waals surface area contributed by atoms with Crippen molar-refractivity contribution in [3.8, 4) is 0 Å². The van der Waals surface area contributed by atoms with Crippen molar-refractivity contribution in [2.75, 3.05) is 0 Å². The number of benzene rings is 1. The average molecular weight is 182 g/mol. The van der Waals surface area contributed by atoms with E-state index in [1.165, 1.54) is 12.1 Å². The predicted octanol–water partition coefficient (Wildman–Crippen LogP) is 2.32. The Morgan fingerprint density at radius 3 is 2.50 bits per heavy atom. The molecule has 62 valence electrons. The fourth-order valence-electron chi connectivity index (χ4n) is 0.704. The summed E-state index contributed by atoms with van der Waals surface area (Å²) in [7, 11) is -3.30. The molecule has 0 aliphatic carbocycles. The maximum Gasteiger partial charge on any atom is 0.158 e.